The molecule has 0 aromatic rings. The number of carbonyl (C=O) groups excluding carboxylic acids is 2. The van der Waals surface area contributed by atoms with Gasteiger partial charge in [-0.25, -0.2) is 0 Å². The second-order valence-electron chi connectivity index (χ2n) is 3.82. The van der Waals surface area contributed by atoms with Gasteiger partial charge in [0.05, 0.1) is 0 Å². The Balaban J connectivity index is 4.04. The highest BCUT2D eigenvalue weighted by atomic mass is 16.1. The van der Waals surface area contributed by atoms with E-state index in [1.807, 2.05) is 0 Å². The maximum Gasteiger partial charge on any atom is 0.130 e. The van der Waals surface area contributed by atoms with Gasteiger partial charge in [-0.2, -0.15) is 0 Å². The minimum absolute atomic E-state index is 0.176. The first-order chi connectivity index (χ1) is 5.43. The Morgan fingerprint density at radius 2 is 1.33 bits per heavy atom. The van der Waals surface area contributed by atoms with Gasteiger partial charge in [0.2, 0.25) is 0 Å². The van der Waals surface area contributed by atoms with Gasteiger partial charge in [0.25, 0.3) is 0 Å². The molecular formula is C10H18O2. The predicted molar refractivity (Wildman–Crippen MR) is 48.9 cm³/mol. The molecule has 0 saturated heterocycles. The van der Waals surface area contributed by atoms with E-state index in [1.54, 1.807) is 13.8 Å². The highest BCUT2D eigenvalue weighted by molar-refractivity contribution is 5.79. The number of Topliss-reactive ketones (excluding diaryl/α,β-unsaturated/α-hetero) is 2. The number of ketones is 2. The topological polar surface area (TPSA) is 34.1 Å². The van der Waals surface area contributed by atoms with Gasteiger partial charge in [-0.05, 0) is 25.7 Å². The van der Waals surface area contributed by atoms with Crippen molar-refractivity contribution < 1.29 is 9.59 Å². The van der Waals surface area contributed by atoms with Gasteiger partial charge in [-0.15, -0.1) is 0 Å². The van der Waals surface area contributed by atoms with E-state index in [9.17, 15) is 9.59 Å². The Morgan fingerprint density at radius 3 is 1.50 bits per heavy atom. The summed E-state index contributed by atoms with van der Waals surface area (Å²) in [6, 6.07) is 0. The first-order valence-corrected chi connectivity index (χ1v) is 4.42. The molecule has 0 N–H and O–H groups in total. The zero-order valence-electron chi connectivity index (χ0n) is 8.39. The van der Waals surface area contributed by atoms with Crippen molar-refractivity contribution in [3.8, 4) is 0 Å². The molecule has 0 aromatic heterocycles. The maximum absolute atomic E-state index is 10.8. The average Bonchev–Trinajstić information content (AvgIpc) is 1.83. The van der Waals surface area contributed by atoms with E-state index in [-0.39, 0.29) is 17.5 Å². The lowest BCUT2D eigenvalue weighted by Gasteiger charge is -2.17. The van der Waals surface area contributed by atoms with Crippen LogP contribution in [-0.2, 0) is 9.59 Å². The second-order valence-corrected chi connectivity index (χ2v) is 3.82. The lowest BCUT2D eigenvalue weighted by Crippen LogP contribution is -2.15. The molecule has 2 nitrogen and oxygen atoms in total. The lowest BCUT2D eigenvalue weighted by atomic mass is 9.87. The molecule has 2 heteroatoms. The molecule has 0 spiro atoms. The molecule has 0 bridgehead atoms. The van der Waals surface area contributed by atoms with Gasteiger partial charge in [-0.1, -0.05) is 13.8 Å². The van der Waals surface area contributed by atoms with E-state index in [1.165, 1.54) is 0 Å². The molecule has 70 valence electrons. The van der Waals surface area contributed by atoms with E-state index in [2.05, 4.69) is 13.8 Å². The van der Waals surface area contributed by atoms with E-state index in [0.29, 0.717) is 18.8 Å². The van der Waals surface area contributed by atoms with Gasteiger partial charge in [-0.3, -0.25) is 0 Å². The third-order valence-electron chi connectivity index (χ3n) is 2.04. The van der Waals surface area contributed by atoms with E-state index in [4.69, 9.17) is 0 Å². The molecule has 0 aliphatic heterocycles. The summed E-state index contributed by atoms with van der Waals surface area (Å²) in [5.41, 5.74) is 0. The van der Waals surface area contributed by atoms with Crippen molar-refractivity contribution in [3.63, 3.8) is 0 Å². The summed E-state index contributed by atoms with van der Waals surface area (Å²) >= 11 is 0. The molecule has 0 aliphatic rings. The van der Waals surface area contributed by atoms with Crippen molar-refractivity contribution in [1.29, 1.82) is 0 Å². The van der Waals surface area contributed by atoms with Crippen LogP contribution in [0.3, 0.4) is 0 Å². The molecule has 0 radical (unpaired) electrons. The van der Waals surface area contributed by atoms with Crippen LogP contribution in [0.1, 0.15) is 40.5 Å². The van der Waals surface area contributed by atoms with Gasteiger partial charge >= 0.3 is 0 Å². The molecule has 0 amide bonds. The third-order valence-corrected chi connectivity index (χ3v) is 2.04. The average molecular weight is 170 g/mol. The Labute approximate surface area is 74.3 Å². The number of carbonyl (C=O) groups is 2. The summed E-state index contributed by atoms with van der Waals surface area (Å²) in [5.74, 6) is 1.00. The van der Waals surface area contributed by atoms with Crippen LogP contribution in [0.25, 0.3) is 0 Å². The Morgan fingerprint density at radius 1 is 1.00 bits per heavy atom. The van der Waals surface area contributed by atoms with E-state index >= 15 is 0 Å². The quantitative estimate of drug-likeness (QED) is 0.634. The zero-order chi connectivity index (χ0) is 9.72. The lowest BCUT2D eigenvalue weighted by molar-refractivity contribution is -0.120. The molecule has 0 aliphatic carbocycles. The maximum atomic E-state index is 10.8. The van der Waals surface area contributed by atoms with Crippen LogP contribution in [0.4, 0.5) is 0 Å². The smallest absolute Gasteiger partial charge is 0.130 e. The summed E-state index contributed by atoms with van der Waals surface area (Å²) in [6.07, 6.45) is 1.08. The van der Waals surface area contributed by atoms with Crippen LogP contribution in [-0.4, -0.2) is 11.6 Å². The molecule has 0 aromatic carbocycles. The van der Waals surface area contributed by atoms with Gasteiger partial charge in [0.1, 0.15) is 11.6 Å². The molecule has 0 fully saturated rings. The normalized spacial score (nSPS) is 10.8. The first-order valence-electron chi connectivity index (χ1n) is 4.42. The van der Waals surface area contributed by atoms with Crippen LogP contribution in [0.15, 0.2) is 0 Å². The SMILES string of the molecule is CC(=O)CC(CC(C)=O)C(C)C. The van der Waals surface area contributed by atoms with Crippen molar-refractivity contribution >= 4 is 11.6 Å². The van der Waals surface area contributed by atoms with Crippen LogP contribution in [0.2, 0.25) is 0 Å². The third kappa shape index (κ3) is 5.05. The molecule has 0 rings (SSSR count). The van der Waals surface area contributed by atoms with Crippen LogP contribution in [0.5, 0.6) is 0 Å². The second kappa shape index (κ2) is 5.07. The van der Waals surface area contributed by atoms with E-state index < -0.39 is 0 Å². The molecule has 0 heterocycles. The van der Waals surface area contributed by atoms with E-state index in [0.717, 1.165) is 0 Å². The van der Waals surface area contributed by atoms with Gasteiger partial charge in [0.15, 0.2) is 0 Å². The molecule has 12 heavy (non-hydrogen) atoms. The Kier molecular flexibility index (Phi) is 4.79. The number of rotatable bonds is 5. The van der Waals surface area contributed by atoms with Crippen LogP contribution < -0.4 is 0 Å². The highest BCUT2D eigenvalue weighted by Gasteiger charge is 2.16. The van der Waals surface area contributed by atoms with Gasteiger partial charge in [0, 0.05) is 12.8 Å². The fourth-order valence-corrected chi connectivity index (χ4v) is 1.28. The monoisotopic (exact) mass is 170 g/mol. The minimum atomic E-state index is 0.176. The minimum Gasteiger partial charge on any atom is -0.300 e. The van der Waals surface area contributed by atoms with Crippen LogP contribution in [0, 0.1) is 11.8 Å². The summed E-state index contributed by atoms with van der Waals surface area (Å²) in [7, 11) is 0. The largest absolute Gasteiger partial charge is 0.300 e. The molecule has 0 atom stereocenters. The van der Waals surface area contributed by atoms with Gasteiger partial charge < -0.3 is 9.59 Å². The molecule has 0 saturated carbocycles. The summed E-state index contributed by atoms with van der Waals surface area (Å²) in [6.45, 7) is 7.26. The summed E-state index contributed by atoms with van der Waals surface area (Å²) < 4.78 is 0. The highest BCUT2D eigenvalue weighted by Crippen LogP contribution is 2.19. The summed E-state index contributed by atoms with van der Waals surface area (Å²) in [4.78, 5) is 21.7. The fourth-order valence-electron chi connectivity index (χ4n) is 1.28. The Hall–Kier alpha value is -0.660. The fraction of sp³-hybridized carbons (Fsp3) is 0.800. The number of hydrogen-bond acceptors (Lipinski definition) is 2. The number of hydrogen-bond donors (Lipinski definition) is 0. The zero-order valence-corrected chi connectivity index (χ0v) is 8.39. The van der Waals surface area contributed by atoms with Crippen molar-refractivity contribution in [3.05, 3.63) is 0 Å². The van der Waals surface area contributed by atoms with Crippen molar-refractivity contribution in [2.45, 2.75) is 40.5 Å². The molecular weight excluding hydrogens is 152 g/mol. The standard InChI is InChI=1S/C10H18O2/c1-7(2)10(5-8(3)11)6-9(4)12/h7,10H,5-6H2,1-4H3. The molecule has 0 unspecified atom stereocenters. The van der Waals surface area contributed by atoms with Crippen molar-refractivity contribution in [2.75, 3.05) is 0 Å². The van der Waals surface area contributed by atoms with Crippen molar-refractivity contribution in [1.82, 2.24) is 0 Å². The van der Waals surface area contributed by atoms with Crippen molar-refractivity contribution in [2.24, 2.45) is 11.8 Å². The predicted octanol–water partition coefficient (Wildman–Crippen LogP) is 2.22. The Bertz CT molecular complexity index is 155. The first kappa shape index (κ1) is 11.3. The van der Waals surface area contributed by atoms with Crippen LogP contribution >= 0.6 is 0 Å². The summed E-state index contributed by atoms with van der Waals surface area (Å²) in [5, 5.41) is 0.